The molecule has 88 valence electrons. The fraction of sp³-hybridized carbons (Fsp3) is 0.143. The predicted molar refractivity (Wildman–Crippen MR) is 72.1 cm³/mol. The van der Waals surface area contributed by atoms with Gasteiger partial charge in [-0.2, -0.15) is 0 Å². The lowest BCUT2D eigenvalue weighted by molar-refractivity contribution is 0.413. The van der Waals surface area contributed by atoms with Crippen LogP contribution in [0.15, 0.2) is 59.5 Å². The van der Waals surface area contributed by atoms with Gasteiger partial charge in [0.05, 0.1) is 7.11 Å². The van der Waals surface area contributed by atoms with Crippen molar-refractivity contribution in [3.8, 4) is 5.75 Å². The Morgan fingerprint density at radius 3 is 2.65 bits per heavy atom. The first kappa shape index (κ1) is 12.0. The van der Waals surface area contributed by atoms with Crippen LogP contribution in [0.2, 0.25) is 0 Å². The zero-order valence-corrected chi connectivity index (χ0v) is 10.5. The number of hydrogen-bond donors (Lipinski definition) is 1. The Morgan fingerprint density at radius 1 is 1.06 bits per heavy atom. The molecule has 1 N–H and O–H groups in total. The Kier molecular flexibility index (Phi) is 4.47. The molecule has 0 heterocycles. The maximum absolute atomic E-state index is 5.18. The van der Waals surface area contributed by atoms with E-state index in [-0.39, 0.29) is 0 Å². The minimum Gasteiger partial charge on any atom is -0.497 e. The molecule has 0 saturated heterocycles. The third-order valence-corrected chi connectivity index (χ3v) is 3.13. The first-order valence-electron chi connectivity index (χ1n) is 5.46. The number of hydrogen-bond acceptors (Lipinski definition) is 3. The van der Waals surface area contributed by atoms with Crippen molar-refractivity contribution in [1.82, 2.24) is 4.72 Å². The van der Waals surface area contributed by atoms with Gasteiger partial charge < -0.3 is 4.74 Å². The number of rotatable bonds is 5. The molecule has 2 nitrogen and oxygen atoms in total. The van der Waals surface area contributed by atoms with Gasteiger partial charge in [0.2, 0.25) is 0 Å². The van der Waals surface area contributed by atoms with E-state index in [4.69, 9.17) is 4.74 Å². The zero-order chi connectivity index (χ0) is 11.9. The van der Waals surface area contributed by atoms with E-state index >= 15 is 0 Å². The van der Waals surface area contributed by atoms with Crippen LogP contribution in [0.1, 0.15) is 5.56 Å². The van der Waals surface area contributed by atoms with E-state index in [1.807, 2.05) is 36.4 Å². The van der Waals surface area contributed by atoms with Crippen LogP contribution in [0.25, 0.3) is 0 Å². The normalized spacial score (nSPS) is 10.2. The summed E-state index contributed by atoms with van der Waals surface area (Å²) in [4.78, 5) is 1.15. The van der Waals surface area contributed by atoms with Gasteiger partial charge >= 0.3 is 0 Å². The fourth-order valence-electron chi connectivity index (χ4n) is 1.46. The summed E-state index contributed by atoms with van der Waals surface area (Å²) in [5, 5.41) is 0. The molecular weight excluding hydrogens is 230 g/mol. The number of benzene rings is 2. The highest BCUT2D eigenvalue weighted by molar-refractivity contribution is 7.97. The molecule has 0 aromatic heterocycles. The highest BCUT2D eigenvalue weighted by Gasteiger charge is 1.96. The Morgan fingerprint density at radius 2 is 1.88 bits per heavy atom. The Bertz CT molecular complexity index is 459. The van der Waals surface area contributed by atoms with Crippen molar-refractivity contribution < 1.29 is 4.74 Å². The molecular formula is C14H15NOS. The summed E-state index contributed by atoms with van der Waals surface area (Å²) in [5.41, 5.74) is 1.28. The van der Waals surface area contributed by atoms with Gasteiger partial charge in [0.15, 0.2) is 0 Å². The van der Waals surface area contributed by atoms with E-state index in [9.17, 15) is 0 Å². The summed E-state index contributed by atoms with van der Waals surface area (Å²) >= 11 is 1.61. The van der Waals surface area contributed by atoms with E-state index in [0.717, 1.165) is 17.2 Å². The molecule has 0 saturated carbocycles. The van der Waals surface area contributed by atoms with Crippen LogP contribution in [0, 0.1) is 0 Å². The summed E-state index contributed by atoms with van der Waals surface area (Å²) in [7, 11) is 1.68. The zero-order valence-electron chi connectivity index (χ0n) is 9.72. The van der Waals surface area contributed by atoms with Gasteiger partial charge in [-0.1, -0.05) is 36.4 Å². The molecule has 0 aliphatic carbocycles. The Hall–Kier alpha value is -1.45. The highest BCUT2D eigenvalue weighted by Crippen LogP contribution is 2.20. The molecule has 0 atom stereocenters. The van der Waals surface area contributed by atoms with Crippen LogP contribution >= 0.6 is 11.9 Å². The lowest BCUT2D eigenvalue weighted by Gasteiger charge is -2.05. The van der Waals surface area contributed by atoms with Gasteiger partial charge in [-0.25, -0.2) is 0 Å². The van der Waals surface area contributed by atoms with Gasteiger partial charge in [0, 0.05) is 11.4 Å². The SMILES string of the molecule is COc1cccc(SNCc2ccccc2)c1. The van der Waals surface area contributed by atoms with Crippen molar-refractivity contribution in [2.75, 3.05) is 7.11 Å². The van der Waals surface area contributed by atoms with Crippen LogP contribution in [0.4, 0.5) is 0 Å². The van der Waals surface area contributed by atoms with E-state index in [1.165, 1.54) is 5.56 Å². The third kappa shape index (κ3) is 3.80. The van der Waals surface area contributed by atoms with Crippen LogP contribution in [0.5, 0.6) is 5.75 Å². The average molecular weight is 245 g/mol. The largest absolute Gasteiger partial charge is 0.497 e. The quantitative estimate of drug-likeness (QED) is 0.815. The summed E-state index contributed by atoms with van der Waals surface area (Å²) in [6, 6.07) is 18.4. The molecule has 0 amide bonds. The number of methoxy groups -OCH3 is 1. The van der Waals surface area contributed by atoms with Gasteiger partial charge in [-0.15, -0.1) is 0 Å². The van der Waals surface area contributed by atoms with Crippen molar-refractivity contribution in [3.63, 3.8) is 0 Å². The van der Waals surface area contributed by atoms with Gasteiger partial charge in [-0.3, -0.25) is 4.72 Å². The Labute approximate surface area is 106 Å². The summed E-state index contributed by atoms with van der Waals surface area (Å²) in [6.07, 6.45) is 0. The van der Waals surface area contributed by atoms with E-state index < -0.39 is 0 Å². The van der Waals surface area contributed by atoms with Crippen LogP contribution in [-0.4, -0.2) is 7.11 Å². The molecule has 0 spiro atoms. The average Bonchev–Trinajstić information content (AvgIpc) is 2.40. The second-order valence-electron chi connectivity index (χ2n) is 3.59. The number of nitrogens with one attached hydrogen (secondary N) is 1. The molecule has 0 unspecified atom stereocenters. The molecule has 0 bridgehead atoms. The third-order valence-electron chi connectivity index (χ3n) is 2.35. The van der Waals surface area contributed by atoms with E-state index in [1.54, 1.807) is 19.1 Å². The van der Waals surface area contributed by atoms with Crippen LogP contribution in [0.3, 0.4) is 0 Å². The van der Waals surface area contributed by atoms with Crippen molar-refractivity contribution in [3.05, 3.63) is 60.2 Å². The van der Waals surface area contributed by atoms with Gasteiger partial charge in [0.25, 0.3) is 0 Å². The molecule has 0 radical (unpaired) electrons. The molecule has 2 aromatic rings. The topological polar surface area (TPSA) is 21.3 Å². The second kappa shape index (κ2) is 6.33. The van der Waals surface area contributed by atoms with Crippen molar-refractivity contribution in [2.24, 2.45) is 0 Å². The molecule has 3 heteroatoms. The monoisotopic (exact) mass is 245 g/mol. The smallest absolute Gasteiger partial charge is 0.120 e. The van der Waals surface area contributed by atoms with Crippen molar-refractivity contribution in [2.45, 2.75) is 11.4 Å². The Balaban J connectivity index is 1.86. The van der Waals surface area contributed by atoms with Crippen LogP contribution in [-0.2, 0) is 6.54 Å². The number of ether oxygens (including phenoxy) is 1. The standard InChI is InChI=1S/C14H15NOS/c1-16-13-8-5-9-14(10-13)17-15-11-12-6-3-2-4-7-12/h2-10,15H,11H2,1H3. The van der Waals surface area contributed by atoms with E-state index in [2.05, 4.69) is 22.9 Å². The molecule has 2 aromatic carbocycles. The first-order chi connectivity index (χ1) is 8.38. The van der Waals surface area contributed by atoms with Crippen LogP contribution < -0.4 is 9.46 Å². The van der Waals surface area contributed by atoms with E-state index in [0.29, 0.717) is 0 Å². The van der Waals surface area contributed by atoms with Crippen molar-refractivity contribution in [1.29, 1.82) is 0 Å². The lowest BCUT2D eigenvalue weighted by atomic mass is 10.2. The maximum atomic E-state index is 5.18. The van der Waals surface area contributed by atoms with Gasteiger partial charge in [0.1, 0.15) is 5.75 Å². The minimum absolute atomic E-state index is 0.850. The second-order valence-corrected chi connectivity index (χ2v) is 4.55. The highest BCUT2D eigenvalue weighted by atomic mass is 32.2. The van der Waals surface area contributed by atoms with Crippen molar-refractivity contribution >= 4 is 11.9 Å². The van der Waals surface area contributed by atoms with Gasteiger partial charge in [-0.05, 0) is 35.7 Å². The first-order valence-corrected chi connectivity index (χ1v) is 6.28. The summed E-state index contributed by atoms with van der Waals surface area (Å²) in [6.45, 7) is 0.850. The lowest BCUT2D eigenvalue weighted by Crippen LogP contribution is -2.02. The summed E-state index contributed by atoms with van der Waals surface area (Å²) < 4.78 is 8.51. The molecule has 0 fully saturated rings. The predicted octanol–water partition coefficient (Wildman–Crippen LogP) is 3.49. The molecule has 17 heavy (non-hydrogen) atoms. The fourth-order valence-corrected chi connectivity index (χ4v) is 2.19. The molecule has 0 aliphatic rings. The molecule has 2 rings (SSSR count). The maximum Gasteiger partial charge on any atom is 0.120 e. The summed E-state index contributed by atoms with van der Waals surface area (Å²) in [5.74, 6) is 0.886. The molecule has 0 aliphatic heterocycles. The minimum atomic E-state index is 0.850.